The lowest BCUT2D eigenvalue weighted by molar-refractivity contribution is 0.366. The minimum atomic E-state index is 0.565. The molecule has 1 saturated heterocycles. The Kier molecular flexibility index (Phi) is 8.60. The second kappa shape index (κ2) is 10.7. The van der Waals surface area contributed by atoms with Crippen molar-refractivity contribution in [2.75, 3.05) is 63.8 Å². The first kappa shape index (κ1) is 20.1. The molecule has 2 heterocycles. The Labute approximate surface area is 162 Å². The average Bonchev–Trinajstić information content (AvgIpc) is 2.65. The van der Waals surface area contributed by atoms with Crippen molar-refractivity contribution in [1.82, 2.24) is 20.2 Å². The zero-order valence-corrected chi connectivity index (χ0v) is 17.6. The molecular weight excluding hydrogens is 404 g/mol. The Morgan fingerprint density at radius 1 is 1.36 bits per heavy atom. The van der Waals surface area contributed by atoms with Gasteiger partial charge in [0.05, 0.1) is 17.8 Å². The molecule has 1 aromatic rings. The summed E-state index contributed by atoms with van der Waals surface area (Å²) in [7, 11) is 3.46. The summed E-state index contributed by atoms with van der Waals surface area (Å²) < 4.78 is 6.03. The molecule has 1 fully saturated rings. The SMILES string of the molecule is CN=C(NCCCCSC)N1CCN(c2ncc(Br)c(OC)n2)CC1. The van der Waals surface area contributed by atoms with Crippen LogP contribution in [-0.2, 0) is 0 Å². The Hall–Kier alpha value is -1.22. The summed E-state index contributed by atoms with van der Waals surface area (Å²) in [5.41, 5.74) is 0. The monoisotopic (exact) mass is 430 g/mol. The lowest BCUT2D eigenvalue weighted by Crippen LogP contribution is -2.53. The van der Waals surface area contributed by atoms with Gasteiger partial charge >= 0.3 is 0 Å². The number of thioether (sulfide) groups is 1. The molecule has 1 aromatic heterocycles. The third-order valence-corrected chi connectivity index (χ3v) is 5.27. The molecule has 25 heavy (non-hydrogen) atoms. The van der Waals surface area contributed by atoms with Gasteiger partial charge in [0.1, 0.15) is 0 Å². The molecule has 0 spiro atoms. The molecule has 2 rings (SSSR count). The van der Waals surface area contributed by atoms with Gasteiger partial charge in [-0.2, -0.15) is 16.7 Å². The zero-order chi connectivity index (χ0) is 18.1. The van der Waals surface area contributed by atoms with E-state index in [1.54, 1.807) is 13.3 Å². The number of ether oxygens (including phenoxy) is 1. The van der Waals surface area contributed by atoms with Crippen LogP contribution in [0.3, 0.4) is 0 Å². The Morgan fingerprint density at radius 2 is 2.12 bits per heavy atom. The normalized spacial score (nSPS) is 15.4. The summed E-state index contributed by atoms with van der Waals surface area (Å²) in [5, 5.41) is 3.47. The van der Waals surface area contributed by atoms with Gasteiger partial charge in [-0.3, -0.25) is 4.99 Å². The molecule has 0 aromatic carbocycles. The van der Waals surface area contributed by atoms with Gasteiger partial charge in [0.25, 0.3) is 0 Å². The molecule has 0 bridgehead atoms. The van der Waals surface area contributed by atoms with Gasteiger partial charge < -0.3 is 19.9 Å². The van der Waals surface area contributed by atoms with Gasteiger partial charge in [-0.05, 0) is 40.8 Å². The number of guanidine groups is 1. The van der Waals surface area contributed by atoms with Crippen LogP contribution in [0.25, 0.3) is 0 Å². The fraction of sp³-hybridized carbons (Fsp3) is 0.688. The lowest BCUT2D eigenvalue weighted by Gasteiger charge is -2.36. The van der Waals surface area contributed by atoms with Crippen molar-refractivity contribution in [2.45, 2.75) is 12.8 Å². The molecule has 1 aliphatic rings. The Bertz CT molecular complexity index is 566. The highest BCUT2D eigenvalue weighted by Crippen LogP contribution is 2.23. The van der Waals surface area contributed by atoms with Crippen LogP contribution in [0.1, 0.15) is 12.8 Å². The summed E-state index contributed by atoms with van der Waals surface area (Å²) in [5.74, 6) is 3.48. The Morgan fingerprint density at radius 3 is 2.76 bits per heavy atom. The smallest absolute Gasteiger partial charge is 0.232 e. The van der Waals surface area contributed by atoms with Crippen molar-refractivity contribution in [3.8, 4) is 5.88 Å². The highest BCUT2D eigenvalue weighted by Gasteiger charge is 2.22. The van der Waals surface area contributed by atoms with E-state index >= 15 is 0 Å². The van der Waals surface area contributed by atoms with E-state index in [-0.39, 0.29) is 0 Å². The number of halogens is 1. The van der Waals surface area contributed by atoms with Crippen LogP contribution in [-0.4, -0.2) is 79.7 Å². The van der Waals surface area contributed by atoms with E-state index in [4.69, 9.17) is 4.74 Å². The van der Waals surface area contributed by atoms with Crippen molar-refractivity contribution in [2.24, 2.45) is 4.99 Å². The fourth-order valence-electron chi connectivity index (χ4n) is 2.66. The number of rotatable bonds is 7. The minimum Gasteiger partial charge on any atom is -0.480 e. The van der Waals surface area contributed by atoms with Gasteiger partial charge in [0.2, 0.25) is 11.8 Å². The van der Waals surface area contributed by atoms with E-state index in [0.717, 1.165) is 43.2 Å². The summed E-state index contributed by atoms with van der Waals surface area (Å²) in [6.45, 7) is 4.48. The average molecular weight is 431 g/mol. The largest absolute Gasteiger partial charge is 0.480 e. The molecule has 0 saturated carbocycles. The standard InChI is InChI=1S/C16H27BrN6OS/c1-18-15(19-6-4-5-11-25-3)22-7-9-23(10-8-22)16-20-12-13(17)14(21-16)24-2/h12H,4-11H2,1-3H3,(H,18,19). The number of hydrogen-bond acceptors (Lipinski definition) is 6. The maximum absolute atomic E-state index is 5.26. The summed E-state index contributed by atoms with van der Waals surface area (Å²) in [6, 6.07) is 0. The highest BCUT2D eigenvalue weighted by atomic mass is 79.9. The molecule has 0 amide bonds. The quantitative estimate of drug-likeness (QED) is 0.403. The molecular formula is C16H27BrN6OS. The van der Waals surface area contributed by atoms with Crippen LogP contribution in [0.15, 0.2) is 15.7 Å². The summed E-state index contributed by atoms with van der Waals surface area (Å²) >= 11 is 5.29. The van der Waals surface area contributed by atoms with Crippen LogP contribution in [0.2, 0.25) is 0 Å². The third kappa shape index (κ3) is 5.91. The highest BCUT2D eigenvalue weighted by molar-refractivity contribution is 9.10. The van der Waals surface area contributed by atoms with Gasteiger partial charge in [-0.1, -0.05) is 0 Å². The fourth-order valence-corrected chi connectivity index (χ4v) is 3.51. The number of aliphatic imine (C=N–C) groups is 1. The first-order valence-electron chi connectivity index (χ1n) is 8.45. The number of nitrogens with zero attached hydrogens (tertiary/aromatic N) is 5. The predicted molar refractivity (Wildman–Crippen MR) is 109 cm³/mol. The maximum Gasteiger partial charge on any atom is 0.232 e. The van der Waals surface area contributed by atoms with Gasteiger partial charge in [0, 0.05) is 39.8 Å². The molecule has 0 atom stereocenters. The van der Waals surface area contributed by atoms with Crippen LogP contribution in [0, 0.1) is 0 Å². The topological polar surface area (TPSA) is 65.9 Å². The maximum atomic E-state index is 5.26. The number of aromatic nitrogens is 2. The van der Waals surface area contributed by atoms with E-state index in [1.807, 2.05) is 18.8 Å². The first-order chi connectivity index (χ1) is 12.2. The number of unbranched alkanes of at least 4 members (excludes halogenated alkanes) is 1. The summed E-state index contributed by atoms with van der Waals surface area (Å²) in [4.78, 5) is 17.7. The third-order valence-electron chi connectivity index (χ3n) is 4.02. The van der Waals surface area contributed by atoms with E-state index in [2.05, 4.69) is 52.3 Å². The van der Waals surface area contributed by atoms with E-state index in [9.17, 15) is 0 Å². The Balaban J connectivity index is 1.83. The zero-order valence-electron chi connectivity index (χ0n) is 15.2. The van der Waals surface area contributed by atoms with Crippen molar-refractivity contribution >= 4 is 39.6 Å². The first-order valence-corrected chi connectivity index (χ1v) is 10.6. The molecule has 1 N–H and O–H groups in total. The van der Waals surface area contributed by atoms with Crippen LogP contribution >= 0.6 is 27.7 Å². The minimum absolute atomic E-state index is 0.565. The summed E-state index contributed by atoms with van der Waals surface area (Å²) in [6.07, 6.45) is 6.30. The number of hydrogen-bond donors (Lipinski definition) is 1. The number of anilines is 1. The molecule has 7 nitrogen and oxygen atoms in total. The van der Waals surface area contributed by atoms with E-state index < -0.39 is 0 Å². The second-order valence-corrected chi connectivity index (χ2v) is 7.52. The van der Waals surface area contributed by atoms with Crippen molar-refractivity contribution in [3.63, 3.8) is 0 Å². The molecule has 9 heteroatoms. The van der Waals surface area contributed by atoms with Gasteiger partial charge in [-0.25, -0.2) is 4.98 Å². The molecule has 0 radical (unpaired) electrons. The van der Waals surface area contributed by atoms with Crippen LogP contribution < -0.4 is 15.0 Å². The van der Waals surface area contributed by atoms with Crippen molar-refractivity contribution in [1.29, 1.82) is 0 Å². The predicted octanol–water partition coefficient (Wildman–Crippen LogP) is 2.09. The van der Waals surface area contributed by atoms with Crippen LogP contribution in [0.5, 0.6) is 5.88 Å². The number of piperazine rings is 1. The van der Waals surface area contributed by atoms with E-state index in [1.165, 1.54) is 18.6 Å². The molecule has 0 aliphatic carbocycles. The van der Waals surface area contributed by atoms with Gasteiger partial charge in [0.15, 0.2) is 5.96 Å². The molecule has 140 valence electrons. The molecule has 0 unspecified atom stereocenters. The second-order valence-electron chi connectivity index (χ2n) is 5.68. The van der Waals surface area contributed by atoms with Gasteiger partial charge in [-0.15, -0.1) is 0 Å². The van der Waals surface area contributed by atoms with Crippen LogP contribution in [0.4, 0.5) is 5.95 Å². The number of nitrogens with one attached hydrogen (secondary N) is 1. The van der Waals surface area contributed by atoms with Crippen molar-refractivity contribution < 1.29 is 4.74 Å². The lowest BCUT2D eigenvalue weighted by atomic mass is 10.3. The molecule has 1 aliphatic heterocycles. The van der Waals surface area contributed by atoms with Crippen molar-refractivity contribution in [3.05, 3.63) is 10.7 Å². The number of methoxy groups -OCH3 is 1. The van der Waals surface area contributed by atoms with E-state index in [0.29, 0.717) is 11.8 Å².